The van der Waals surface area contributed by atoms with Gasteiger partial charge >= 0.3 is 0 Å². The fourth-order valence-electron chi connectivity index (χ4n) is 2.62. The van der Waals surface area contributed by atoms with E-state index in [0.29, 0.717) is 11.3 Å². The number of amides is 1. The number of nitrogens with zero attached hydrogens (tertiary/aromatic N) is 6. The number of thiophene rings is 1. The minimum Gasteiger partial charge on any atom is -0.378 e. The number of hydrogen-bond acceptors (Lipinski definition) is 9. The first-order valence-corrected chi connectivity index (χ1v) is 9.35. The van der Waals surface area contributed by atoms with Crippen LogP contribution in [-0.2, 0) is 0 Å². The minimum absolute atomic E-state index is 0.0290. The molecule has 146 valence electrons. The number of aromatic nitrogens is 5. The van der Waals surface area contributed by atoms with Crippen LogP contribution in [0.2, 0.25) is 0 Å². The molecule has 0 aliphatic rings. The lowest BCUT2D eigenvalue weighted by atomic mass is 10.1. The second kappa shape index (κ2) is 7.64. The molecule has 4 rings (SSSR count). The summed E-state index contributed by atoms with van der Waals surface area (Å²) in [4.78, 5) is 14.8. The Bertz CT molecular complexity index is 1190. The molecule has 3 aromatic heterocycles. The number of anilines is 1. The van der Waals surface area contributed by atoms with Crippen LogP contribution in [0.5, 0.6) is 0 Å². The van der Waals surface area contributed by atoms with Crippen LogP contribution in [-0.4, -0.2) is 37.4 Å². The van der Waals surface area contributed by atoms with Crippen LogP contribution in [0.1, 0.15) is 25.8 Å². The molecule has 0 atom stereocenters. The lowest BCUT2D eigenvalue weighted by Crippen LogP contribution is -2.19. The zero-order valence-corrected chi connectivity index (χ0v) is 16.3. The lowest BCUT2D eigenvalue weighted by Gasteiger charge is -2.06. The Morgan fingerprint density at radius 1 is 1.21 bits per heavy atom. The molecule has 0 aliphatic heterocycles. The van der Waals surface area contributed by atoms with Gasteiger partial charge in [-0.2, -0.15) is 9.78 Å². The SMILES string of the molecule is Cc1ccc(-c2c(C(=O)N/N=C\c3ccc(C)s3)nnn2-c2nonc2N)cc1. The highest BCUT2D eigenvalue weighted by Gasteiger charge is 2.25. The van der Waals surface area contributed by atoms with Crippen molar-refractivity contribution in [1.29, 1.82) is 0 Å². The van der Waals surface area contributed by atoms with Crippen molar-refractivity contribution >= 4 is 29.3 Å². The first-order valence-electron chi connectivity index (χ1n) is 8.54. The van der Waals surface area contributed by atoms with Gasteiger partial charge in [-0.05, 0) is 36.3 Å². The Morgan fingerprint density at radius 3 is 2.66 bits per heavy atom. The van der Waals surface area contributed by atoms with Gasteiger partial charge in [-0.25, -0.2) is 10.1 Å². The van der Waals surface area contributed by atoms with E-state index in [-0.39, 0.29) is 17.3 Å². The quantitative estimate of drug-likeness (QED) is 0.382. The zero-order chi connectivity index (χ0) is 20.4. The summed E-state index contributed by atoms with van der Waals surface area (Å²) >= 11 is 1.57. The minimum atomic E-state index is -0.522. The van der Waals surface area contributed by atoms with Gasteiger partial charge in [0.2, 0.25) is 11.6 Å². The Balaban J connectivity index is 1.70. The predicted molar refractivity (Wildman–Crippen MR) is 108 cm³/mol. The molecular weight excluding hydrogens is 392 g/mol. The van der Waals surface area contributed by atoms with Crippen molar-refractivity contribution in [1.82, 2.24) is 30.7 Å². The molecule has 0 saturated carbocycles. The number of nitrogens with one attached hydrogen (secondary N) is 1. The van der Waals surface area contributed by atoms with Crippen LogP contribution in [0.4, 0.5) is 5.82 Å². The van der Waals surface area contributed by atoms with Crippen LogP contribution in [0, 0.1) is 13.8 Å². The Hall–Kier alpha value is -3.86. The van der Waals surface area contributed by atoms with E-state index in [4.69, 9.17) is 5.73 Å². The fourth-order valence-corrected chi connectivity index (χ4v) is 3.37. The molecule has 3 heterocycles. The first kappa shape index (κ1) is 18.5. The van der Waals surface area contributed by atoms with Crippen molar-refractivity contribution in [2.75, 3.05) is 5.73 Å². The maximum atomic E-state index is 12.7. The zero-order valence-electron chi connectivity index (χ0n) is 15.5. The Morgan fingerprint density at radius 2 is 2.00 bits per heavy atom. The van der Waals surface area contributed by atoms with Gasteiger partial charge in [0.1, 0.15) is 5.69 Å². The highest BCUT2D eigenvalue weighted by molar-refractivity contribution is 7.13. The molecular formula is C18H16N8O2S. The van der Waals surface area contributed by atoms with E-state index in [1.807, 2.05) is 50.2 Å². The maximum absolute atomic E-state index is 12.7. The van der Waals surface area contributed by atoms with E-state index in [1.54, 1.807) is 17.6 Å². The van der Waals surface area contributed by atoms with E-state index in [0.717, 1.165) is 15.3 Å². The molecule has 10 nitrogen and oxygen atoms in total. The summed E-state index contributed by atoms with van der Waals surface area (Å²) in [6, 6.07) is 11.4. The van der Waals surface area contributed by atoms with Crippen molar-refractivity contribution in [2.24, 2.45) is 5.10 Å². The van der Waals surface area contributed by atoms with E-state index in [1.165, 1.54) is 4.68 Å². The summed E-state index contributed by atoms with van der Waals surface area (Å²) in [5, 5.41) is 19.4. The normalized spacial score (nSPS) is 11.2. The number of hydrazone groups is 1. The fraction of sp³-hybridized carbons (Fsp3) is 0.111. The van der Waals surface area contributed by atoms with Crippen molar-refractivity contribution in [2.45, 2.75) is 13.8 Å². The van der Waals surface area contributed by atoms with E-state index < -0.39 is 5.91 Å². The molecule has 0 fully saturated rings. The number of nitrogen functional groups attached to an aromatic ring is 1. The van der Waals surface area contributed by atoms with Gasteiger partial charge in [0.15, 0.2) is 5.69 Å². The lowest BCUT2D eigenvalue weighted by molar-refractivity contribution is 0.0950. The number of carbonyl (C=O) groups excluding carboxylic acids is 1. The summed E-state index contributed by atoms with van der Waals surface area (Å²) in [5.41, 5.74) is 10.5. The molecule has 0 unspecified atom stereocenters. The predicted octanol–water partition coefficient (Wildman–Crippen LogP) is 2.34. The standard InChI is InChI=1S/C18H16N8O2S/c1-10-3-6-12(7-4-10)15-14(21-25-26(15)17-16(19)23-28-24-17)18(27)22-20-9-13-8-5-11(2)29-13/h3-9H,1-2H3,(H2,19,23)(H,22,27)/b20-9-. The summed E-state index contributed by atoms with van der Waals surface area (Å²) < 4.78 is 5.98. The molecule has 0 radical (unpaired) electrons. The second-order valence-electron chi connectivity index (χ2n) is 6.19. The maximum Gasteiger partial charge on any atom is 0.294 e. The van der Waals surface area contributed by atoms with E-state index in [2.05, 4.69) is 35.8 Å². The Labute approximate surface area is 169 Å². The second-order valence-corrected chi connectivity index (χ2v) is 7.50. The molecule has 0 saturated heterocycles. The van der Waals surface area contributed by atoms with Crippen molar-refractivity contribution < 1.29 is 9.42 Å². The number of rotatable bonds is 5. The third kappa shape index (κ3) is 3.75. The van der Waals surface area contributed by atoms with Crippen molar-refractivity contribution in [3.05, 3.63) is 57.4 Å². The largest absolute Gasteiger partial charge is 0.378 e. The van der Waals surface area contributed by atoms with Crippen LogP contribution in [0.3, 0.4) is 0 Å². The van der Waals surface area contributed by atoms with E-state index >= 15 is 0 Å². The summed E-state index contributed by atoms with van der Waals surface area (Å²) in [6.07, 6.45) is 1.57. The molecule has 0 bridgehead atoms. The molecule has 29 heavy (non-hydrogen) atoms. The van der Waals surface area contributed by atoms with Crippen LogP contribution in [0.15, 0.2) is 46.1 Å². The van der Waals surface area contributed by atoms with Gasteiger partial charge in [0, 0.05) is 15.3 Å². The number of nitrogens with two attached hydrogens (primary N) is 1. The molecule has 1 aromatic carbocycles. The van der Waals surface area contributed by atoms with Crippen molar-refractivity contribution in [3.63, 3.8) is 0 Å². The third-order valence-electron chi connectivity index (χ3n) is 4.03. The number of benzene rings is 1. The Kier molecular flexibility index (Phi) is 4.87. The molecule has 0 spiro atoms. The number of aryl methyl sites for hydroxylation is 2. The molecule has 11 heteroatoms. The summed E-state index contributed by atoms with van der Waals surface area (Å²) in [5.74, 6) is -0.350. The van der Waals surface area contributed by atoms with Gasteiger partial charge < -0.3 is 5.73 Å². The summed E-state index contributed by atoms with van der Waals surface area (Å²) in [7, 11) is 0. The van der Waals surface area contributed by atoms with E-state index in [9.17, 15) is 4.79 Å². The number of carbonyl (C=O) groups is 1. The van der Waals surface area contributed by atoms with Gasteiger partial charge in [-0.1, -0.05) is 35.0 Å². The van der Waals surface area contributed by atoms with Crippen LogP contribution in [0.25, 0.3) is 17.1 Å². The topological polar surface area (TPSA) is 137 Å². The average molecular weight is 408 g/mol. The van der Waals surface area contributed by atoms with Crippen LogP contribution < -0.4 is 11.2 Å². The highest BCUT2D eigenvalue weighted by atomic mass is 32.1. The van der Waals surface area contributed by atoms with Gasteiger partial charge in [0.25, 0.3) is 5.91 Å². The van der Waals surface area contributed by atoms with Gasteiger partial charge in [-0.15, -0.1) is 16.4 Å². The van der Waals surface area contributed by atoms with Gasteiger partial charge in [-0.3, -0.25) is 4.79 Å². The molecule has 3 N–H and O–H groups in total. The summed E-state index contributed by atoms with van der Waals surface area (Å²) in [6.45, 7) is 3.96. The average Bonchev–Trinajstić information content (AvgIpc) is 3.42. The molecule has 4 aromatic rings. The molecule has 1 amide bonds. The monoisotopic (exact) mass is 408 g/mol. The third-order valence-corrected chi connectivity index (χ3v) is 4.96. The smallest absolute Gasteiger partial charge is 0.294 e. The van der Waals surface area contributed by atoms with Gasteiger partial charge in [0.05, 0.1) is 6.21 Å². The first-order chi connectivity index (χ1) is 14.0. The van der Waals surface area contributed by atoms with Crippen molar-refractivity contribution in [3.8, 4) is 17.1 Å². The number of hydrogen-bond donors (Lipinski definition) is 2. The molecule has 0 aliphatic carbocycles. The highest BCUT2D eigenvalue weighted by Crippen LogP contribution is 2.26. The van der Waals surface area contributed by atoms with Crippen LogP contribution >= 0.6 is 11.3 Å².